The SMILES string of the molecule is Nc1cc(-c2nc(-c3ccccc3)nc(-c3cccc(-c4ccccc4)c3)n2)ccc1-n1c2ccccc2c2ccc3c(c4ccccc4n3-c3ccccc3)c21. The molecule has 0 aliphatic carbocycles. The number of aromatic nitrogens is 5. The van der Waals surface area contributed by atoms with Gasteiger partial charge < -0.3 is 14.9 Å². The molecule has 0 radical (unpaired) electrons. The number of nitrogen functional groups attached to an aromatic ring is 1. The van der Waals surface area contributed by atoms with E-state index in [1.165, 1.54) is 21.5 Å². The first kappa shape index (κ1) is 32.6. The van der Waals surface area contributed by atoms with E-state index in [0.29, 0.717) is 23.2 Å². The predicted molar refractivity (Wildman–Crippen MR) is 235 cm³/mol. The summed E-state index contributed by atoms with van der Waals surface area (Å²) in [6, 6.07) is 67.3. The summed E-state index contributed by atoms with van der Waals surface area (Å²) in [7, 11) is 0. The first-order valence-electron chi connectivity index (χ1n) is 19.1. The van der Waals surface area contributed by atoms with Gasteiger partial charge in [-0.3, -0.25) is 0 Å². The van der Waals surface area contributed by atoms with Crippen molar-refractivity contribution in [1.82, 2.24) is 24.1 Å². The molecule has 0 aliphatic rings. The summed E-state index contributed by atoms with van der Waals surface area (Å²) in [6.45, 7) is 0. The van der Waals surface area contributed by atoms with Gasteiger partial charge in [-0.15, -0.1) is 0 Å². The fourth-order valence-corrected chi connectivity index (χ4v) is 8.33. The Morgan fingerprint density at radius 1 is 0.351 bits per heavy atom. The van der Waals surface area contributed by atoms with Gasteiger partial charge in [0.25, 0.3) is 0 Å². The normalized spacial score (nSPS) is 11.6. The second kappa shape index (κ2) is 13.2. The van der Waals surface area contributed by atoms with Crippen LogP contribution < -0.4 is 5.73 Å². The third-order valence-electron chi connectivity index (χ3n) is 10.9. The lowest BCUT2D eigenvalue weighted by Crippen LogP contribution is -2.03. The Labute approximate surface area is 328 Å². The van der Waals surface area contributed by atoms with Crippen molar-refractivity contribution < 1.29 is 0 Å². The van der Waals surface area contributed by atoms with E-state index in [1.54, 1.807) is 0 Å². The van der Waals surface area contributed by atoms with Crippen LogP contribution in [0.3, 0.4) is 0 Å². The minimum Gasteiger partial charge on any atom is -0.397 e. The Kier molecular flexibility index (Phi) is 7.54. The number of benzene rings is 8. The molecule has 11 rings (SSSR count). The molecule has 3 aromatic heterocycles. The highest BCUT2D eigenvalue weighted by molar-refractivity contribution is 6.26. The second-order valence-corrected chi connectivity index (χ2v) is 14.3. The quantitative estimate of drug-likeness (QED) is 0.173. The Hall–Kier alpha value is -7.83. The first-order valence-corrected chi connectivity index (χ1v) is 19.1. The number of para-hydroxylation sites is 3. The predicted octanol–water partition coefficient (Wildman–Crippen LogP) is 12.3. The molecular formula is C51H34N6. The fourth-order valence-electron chi connectivity index (χ4n) is 8.33. The van der Waals surface area contributed by atoms with Crippen LogP contribution in [0.5, 0.6) is 0 Å². The van der Waals surface area contributed by atoms with E-state index in [2.05, 4.69) is 161 Å². The second-order valence-electron chi connectivity index (χ2n) is 14.3. The Morgan fingerprint density at radius 2 is 0.895 bits per heavy atom. The zero-order chi connectivity index (χ0) is 37.9. The van der Waals surface area contributed by atoms with Crippen molar-refractivity contribution >= 4 is 49.3 Å². The van der Waals surface area contributed by atoms with E-state index < -0.39 is 0 Å². The highest BCUT2D eigenvalue weighted by atomic mass is 15.0. The first-order chi connectivity index (χ1) is 28.2. The number of fused-ring (bicyclic) bond motifs is 7. The molecule has 0 amide bonds. The van der Waals surface area contributed by atoms with Crippen molar-refractivity contribution in [1.29, 1.82) is 0 Å². The number of hydrogen-bond donors (Lipinski definition) is 1. The Balaban J connectivity index is 1.12. The molecule has 2 N–H and O–H groups in total. The lowest BCUT2D eigenvalue weighted by Gasteiger charge is -2.14. The van der Waals surface area contributed by atoms with Crippen molar-refractivity contribution in [2.24, 2.45) is 0 Å². The summed E-state index contributed by atoms with van der Waals surface area (Å²) in [5.74, 6) is 1.75. The summed E-state index contributed by atoms with van der Waals surface area (Å²) >= 11 is 0. The lowest BCUT2D eigenvalue weighted by molar-refractivity contribution is 1.07. The molecular weight excluding hydrogens is 697 g/mol. The number of anilines is 1. The van der Waals surface area contributed by atoms with E-state index in [9.17, 15) is 0 Å². The Morgan fingerprint density at radius 3 is 1.60 bits per heavy atom. The maximum Gasteiger partial charge on any atom is 0.164 e. The minimum absolute atomic E-state index is 0.553. The number of nitrogens with two attached hydrogens (primary N) is 1. The molecule has 0 saturated carbocycles. The maximum atomic E-state index is 7.17. The summed E-state index contributed by atoms with van der Waals surface area (Å²) < 4.78 is 4.69. The van der Waals surface area contributed by atoms with Crippen LogP contribution >= 0.6 is 0 Å². The van der Waals surface area contributed by atoms with Gasteiger partial charge in [0.15, 0.2) is 17.5 Å². The lowest BCUT2D eigenvalue weighted by atomic mass is 10.0. The molecule has 268 valence electrons. The monoisotopic (exact) mass is 730 g/mol. The fraction of sp³-hybridized carbons (Fsp3) is 0. The van der Waals surface area contributed by atoms with Gasteiger partial charge in [-0.2, -0.15) is 0 Å². The van der Waals surface area contributed by atoms with E-state index in [1.807, 2.05) is 42.5 Å². The summed E-state index contributed by atoms with van der Waals surface area (Å²) in [5.41, 5.74) is 19.1. The molecule has 0 saturated heterocycles. The standard InChI is InChI=1S/C51H34N6/c52-42-32-37(51-54-49(34-17-6-2-7-18-34)53-50(55-51)36-20-14-19-35(31-36)33-15-4-1-5-16-33)27-29-45(42)57-43-25-12-10-23-39(43)40-28-30-46-47(48(40)57)41-24-11-13-26-44(41)56(46)38-21-8-3-9-22-38/h1-32H,52H2. The molecule has 0 spiro atoms. The van der Waals surface area contributed by atoms with Crippen LogP contribution in [-0.2, 0) is 0 Å². The van der Waals surface area contributed by atoms with Gasteiger partial charge in [-0.25, -0.2) is 15.0 Å². The number of hydrogen-bond acceptors (Lipinski definition) is 4. The van der Waals surface area contributed by atoms with Crippen LogP contribution in [0.25, 0.3) is 100 Å². The van der Waals surface area contributed by atoms with E-state index in [4.69, 9.17) is 20.7 Å². The van der Waals surface area contributed by atoms with Gasteiger partial charge in [0.05, 0.1) is 33.4 Å². The van der Waals surface area contributed by atoms with E-state index in [0.717, 1.165) is 61.3 Å². The molecule has 11 aromatic rings. The maximum absolute atomic E-state index is 7.17. The van der Waals surface area contributed by atoms with Gasteiger partial charge in [0, 0.05) is 43.9 Å². The summed E-state index contributed by atoms with van der Waals surface area (Å²) in [6.07, 6.45) is 0. The van der Waals surface area contributed by atoms with Gasteiger partial charge in [-0.1, -0.05) is 140 Å². The third-order valence-corrected chi connectivity index (χ3v) is 10.9. The third kappa shape index (κ3) is 5.38. The minimum atomic E-state index is 0.553. The molecule has 8 aromatic carbocycles. The van der Waals surface area contributed by atoms with Crippen molar-refractivity contribution in [2.75, 3.05) is 5.73 Å². The average molecular weight is 731 g/mol. The molecule has 3 heterocycles. The van der Waals surface area contributed by atoms with Crippen LogP contribution in [0.15, 0.2) is 194 Å². The van der Waals surface area contributed by atoms with Crippen LogP contribution in [0.4, 0.5) is 5.69 Å². The molecule has 0 fully saturated rings. The van der Waals surface area contributed by atoms with Gasteiger partial charge in [-0.05, 0) is 65.7 Å². The highest BCUT2D eigenvalue weighted by Gasteiger charge is 2.22. The molecule has 6 nitrogen and oxygen atoms in total. The van der Waals surface area contributed by atoms with Gasteiger partial charge >= 0.3 is 0 Å². The van der Waals surface area contributed by atoms with Gasteiger partial charge in [0.1, 0.15) is 0 Å². The molecule has 0 aliphatic heterocycles. The summed E-state index contributed by atoms with van der Waals surface area (Å²) in [5, 5.41) is 4.70. The molecule has 0 bridgehead atoms. The van der Waals surface area contributed by atoms with Crippen molar-refractivity contribution in [3.63, 3.8) is 0 Å². The zero-order valence-electron chi connectivity index (χ0n) is 30.8. The molecule has 0 atom stereocenters. The molecule has 0 unspecified atom stereocenters. The van der Waals surface area contributed by atoms with E-state index in [-0.39, 0.29) is 0 Å². The van der Waals surface area contributed by atoms with Crippen molar-refractivity contribution in [3.8, 4) is 56.7 Å². The van der Waals surface area contributed by atoms with Gasteiger partial charge in [0.2, 0.25) is 0 Å². The Bertz CT molecular complexity index is 3290. The number of rotatable bonds is 6. The largest absolute Gasteiger partial charge is 0.397 e. The van der Waals surface area contributed by atoms with Crippen LogP contribution in [0.1, 0.15) is 0 Å². The zero-order valence-corrected chi connectivity index (χ0v) is 30.8. The van der Waals surface area contributed by atoms with Crippen LogP contribution in [0, 0.1) is 0 Å². The van der Waals surface area contributed by atoms with Crippen LogP contribution in [0.2, 0.25) is 0 Å². The van der Waals surface area contributed by atoms with E-state index >= 15 is 0 Å². The average Bonchev–Trinajstić information content (AvgIpc) is 3.80. The molecule has 57 heavy (non-hydrogen) atoms. The highest BCUT2D eigenvalue weighted by Crippen LogP contribution is 2.43. The van der Waals surface area contributed by atoms with Crippen molar-refractivity contribution in [2.45, 2.75) is 0 Å². The smallest absolute Gasteiger partial charge is 0.164 e. The topological polar surface area (TPSA) is 74.6 Å². The summed E-state index contributed by atoms with van der Waals surface area (Å²) in [4.78, 5) is 15.1. The van der Waals surface area contributed by atoms with Crippen LogP contribution in [-0.4, -0.2) is 24.1 Å². The molecule has 6 heteroatoms. The van der Waals surface area contributed by atoms with Crippen molar-refractivity contribution in [3.05, 3.63) is 194 Å². The number of nitrogens with zero attached hydrogens (tertiary/aromatic N) is 5.